The van der Waals surface area contributed by atoms with Gasteiger partial charge in [-0.3, -0.25) is 4.79 Å². The van der Waals surface area contributed by atoms with Crippen LogP contribution in [0.2, 0.25) is 0 Å². The van der Waals surface area contributed by atoms with Gasteiger partial charge in [0.2, 0.25) is 0 Å². The van der Waals surface area contributed by atoms with Gasteiger partial charge in [-0.15, -0.1) is 0 Å². The second-order valence-electron chi connectivity index (χ2n) is 3.15. The quantitative estimate of drug-likeness (QED) is 0.709. The van der Waals surface area contributed by atoms with Crippen molar-refractivity contribution >= 4 is 12.1 Å². The summed E-state index contributed by atoms with van der Waals surface area (Å²) in [5.41, 5.74) is 0.506. The van der Waals surface area contributed by atoms with Crippen LogP contribution in [0.25, 0.3) is 0 Å². The second-order valence-corrected chi connectivity index (χ2v) is 3.15. The summed E-state index contributed by atoms with van der Waals surface area (Å²) in [6, 6.07) is 8.70. The SMILES string of the molecule is O=C(c1ccccc1)N1C=CC=C(F)C=N1. The monoisotopic (exact) mass is 216 g/mol. The van der Waals surface area contributed by atoms with Crippen LogP contribution in [0.1, 0.15) is 10.4 Å². The normalized spacial score (nSPS) is 14.6. The maximum atomic E-state index is 12.8. The Morgan fingerprint density at radius 3 is 2.75 bits per heavy atom. The molecular formula is C12H9FN2O. The highest BCUT2D eigenvalue weighted by Gasteiger charge is 2.12. The third-order valence-electron chi connectivity index (χ3n) is 2.02. The van der Waals surface area contributed by atoms with E-state index in [9.17, 15) is 9.18 Å². The Hall–Kier alpha value is -2.23. The number of hydrogen-bond donors (Lipinski definition) is 0. The molecule has 0 atom stereocenters. The standard InChI is InChI=1S/C12H9FN2O/c13-11-7-4-8-15(14-9-11)12(16)10-5-2-1-3-6-10/h1-9H. The molecular weight excluding hydrogens is 207 g/mol. The van der Waals surface area contributed by atoms with Gasteiger partial charge in [0.1, 0.15) is 5.83 Å². The molecule has 4 heteroatoms. The van der Waals surface area contributed by atoms with Gasteiger partial charge < -0.3 is 0 Å². The van der Waals surface area contributed by atoms with Crippen molar-refractivity contribution in [2.75, 3.05) is 0 Å². The van der Waals surface area contributed by atoms with E-state index < -0.39 is 5.83 Å². The highest BCUT2D eigenvalue weighted by atomic mass is 19.1. The van der Waals surface area contributed by atoms with Crippen molar-refractivity contribution in [3.63, 3.8) is 0 Å². The highest BCUT2D eigenvalue weighted by molar-refractivity contribution is 5.95. The Kier molecular flexibility index (Phi) is 2.91. The number of allylic oxidation sites excluding steroid dienone is 3. The van der Waals surface area contributed by atoms with Crippen LogP contribution in [0.5, 0.6) is 0 Å². The van der Waals surface area contributed by atoms with Crippen molar-refractivity contribution in [1.29, 1.82) is 0 Å². The summed E-state index contributed by atoms with van der Waals surface area (Å²) >= 11 is 0. The number of carbonyl (C=O) groups is 1. The highest BCUT2D eigenvalue weighted by Crippen LogP contribution is 2.08. The third-order valence-corrected chi connectivity index (χ3v) is 2.02. The van der Waals surface area contributed by atoms with E-state index in [1.807, 2.05) is 6.07 Å². The third kappa shape index (κ3) is 2.23. The Balaban J connectivity index is 2.22. The molecule has 0 fully saturated rings. The van der Waals surface area contributed by atoms with E-state index in [4.69, 9.17) is 0 Å². The fourth-order valence-corrected chi connectivity index (χ4v) is 1.25. The first-order chi connectivity index (χ1) is 7.77. The van der Waals surface area contributed by atoms with Gasteiger partial charge in [0.15, 0.2) is 0 Å². The maximum absolute atomic E-state index is 12.8. The zero-order valence-corrected chi connectivity index (χ0v) is 8.38. The van der Waals surface area contributed by atoms with E-state index in [1.54, 1.807) is 24.3 Å². The number of rotatable bonds is 1. The summed E-state index contributed by atoms with van der Waals surface area (Å²) in [7, 11) is 0. The van der Waals surface area contributed by atoms with Gasteiger partial charge in [0.25, 0.3) is 5.91 Å². The van der Waals surface area contributed by atoms with Crippen molar-refractivity contribution in [1.82, 2.24) is 5.01 Å². The van der Waals surface area contributed by atoms with E-state index in [0.29, 0.717) is 5.56 Å². The van der Waals surface area contributed by atoms with Crippen molar-refractivity contribution in [2.45, 2.75) is 0 Å². The molecule has 1 aliphatic rings. The lowest BCUT2D eigenvalue weighted by molar-refractivity contribution is 0.0827. The van der Waals surface area contributed by atoms with Crippen LogP contribution in [0.3, 0.4) is 0 Å². The lowest BCUT2D eigenvalue weighted by atomic mass is 10.2. The first-order valence-electron chi connectivity index (χ1n) is 4.74. The average molecular weight is 216 g/mol. The molecule has 1 amide bonds. The molecule has 0 aromatic heterocycles. The summed E-state index contributed by atoms with van der Waals surface area (Å²) < 4.78 is 12.8. The molecule has 1 aromatic rings. The van der Waals surface area contributed by atoms with Gasteiger partial charge in [0.05, 0.1) is 6.21 Å². The molecule has 0 unspecified atom stereocenters. The Morgan fingerprint density at radius 2 is 2.00 bits per heavy atom. The lowest BCUT2D eigenvalue weighted by Crippen LogP contribution is -2.19. The number of carbonyl (C=O) groups excluding carboxylic acids is 1. The predicted molar refractivity (Wildman–Crippen MR) is 59.4 cm³/mol. The molecule has 16 heavy (non-hydrogen) atoms. The number of hydrogen-bond acceptors (Lipinski definition) is 2. The fraction of sp³-hybridized carbons (Fsp3) is 0. The average Bonchev–Trinajstić information content (AvgIpc) is 2.54. The Labute approximate surface area is 92.2 Å². The molecule has 0 spiro atoms. The van der Waals surface area contributed by atoms with E-state index >= 15 is 0 Å². The Bertz CT molecular complexity index is 477. The summed E-state index contributed by atoms with van der Waals surface area (Å²) in [5.74, 6) is -0.782. The number of nitrogens with zero attached hydrogens (tertiary/aromatic N) is 2. The molecule has 0 bridgehead atoms. The van der Waals surface area contributed by atoms with E-state index in [0.717, 1.165) is 11.2 Å². The van der Waals surface area contributed by atoms with Crippen LogP contribution in [-0.4, -0.2) is 17.1 Å². The number of hydrazone groups is 1. The summed E-state index contributed by atoms with van der Waals surface area (Å²) in [4.78, 5) is 11.9. The van der Waals surface area contributed by atoms with Crippen LogP contribution in [0.15, 0.2) is 59.6 Å². The molecule has 80 valence electrons. The number of benzene rings is 1. The molecule has 0 N–H and O–H groups in total. The smallest absolute Gasteiger partial charge is 0.267 e. The molecule has 1 aliphatic heterocycles. The molecule has 0 radical (unpaired) electrons. The maximum Gasteiger partial charge on any atom is 0.278 e. The van der Waals surface area contributed by atoms with Gasteiger partial charge in [-0.25, -0.2) is 9.40 Å². The lowest BCUT2D eigenvalue weighted by Gasteiger charge is -2.10. The molecule has 3 nitrogen and oxygen atoms in total. The molecule has 0 saturated carbocycles. The van der Waals surface area contributed by atoms with Gasteiger partial charge >= 0.3 is 0 Å². The van der Waals surface area contributed by atoms with Gasteiger partial charge in [-0.1, -0.05) is 18.2 Å². The second kappa shape index (κ2) is 4.53. The first-order valence-corrected chi connectivity index (χ1v) is 4.74. The summed E-state index contributed by atoms with van der Waals surface area (Å²) in [6.45, 7) is 0. The zero-order valence-electron chi connectivity index (χ0n) is 8.38. The fourth-order valence-electron chi connectivity index (χ4n) is 1.25. The van der Waals surface area contributed by atoms with Crippen LogP contribution < -0.4 is 0 Å². The van der Waals surface area contributed by atoms with E-state index in [2.05, 4.69) is 5.10 Å². The number of halogens is 1. The van der Waals surface area contributed by atoms with Crippen molar-refractivity contribution in [2.24, 2.45) is 5.10 Å². The first kappa shape index (κ1) is 10.3. The molecule has 1 heterocycles. The van der Waals surface area contributed by atoms with Gasteiger partial charge in [0, 0.05) is 11.8 Å². The summed E-state index contributed by atoms with van der Waals surface area (Å²) in [5, 5.41) is 4.80. The molecule has 1 aromatic carbocycles. The van der Waals surface area contributed by atoms with Gasteiger partial charge in [-0.2, -0.15) is 5.10 Å². The minimum Gasteiger partial charge on any atom is -0.267 e. The van der Waals surface area contributed by atoms with Crippen LogP contribution in [0, 0.1) is 0 Å². The predicted octanol–water partition coefficient (Wildman–Crippen LogP) is 2.50. The molecule has 2 rings (SSSR count). The molecule has 0 saturated heterocycles. The molecule has 0 aliphatic carbocycles. The summed E-state index contributed by atoms with van der Waals surface area (Å²) in [6.07, 6.45) is 5.09. The minimum absolute atomic E-state index is 0.295. The topological polar surface area (TPSA) is 32.7 Å². The van der Waals surface area contributed by atoms with Crippen molar-refractivity contribution in [3.8, 4) is 0 Å². The van der Waals surface area contributed by atoms with Gasteiger partial charge in [-0.05, 0) is 24.3 Å². The van der Waals surface area contributed by atoms with Crippen LogP contribution in [-0.2, 0) is 0 Å². The minimum atomic E-state index is -0.486. The van der Waals surface area contributed by atoms with E-state index in [-0.39, 0.29) is 5.91 Å². The van der Waals surface area contributed by atoms with Crippen molar-refractivity contribution in [3.05, 3.63) is 60.1 Å². The van der Waals surface area contributed by atoms with E-state index in [1.165, 1.54) is 18.4 Å². The van der Waals surface area contributed by atoms with Crippen LogP contribution >= 0.6 is 0 Å². The van der Waals surface area contributed by atoms with Crippen molar-refractivity contribution < 1.29 is 9.18 Å². The van der Waals surface area contributed by atoms with Crippen LogP contribution in [0.4, 0.5) is 4.39 Å². The zero-order chi connectivity index (χ0) is 11.4. The largest absolute Gasteiger partial charge is 0.278 e. The number of amides is 1. The Morgan fingerprint density at radius 1 is 1.25 bits per heavy atom.